The molecule has 1 aromatic carbocycles. The van der Waals surface area contributed by atoms with Crippen LogP contribution < -0.4 is 0 Å². The summed E-state index contributed by atoms with van der Waals surface area (Å²) in [6.07, 6.45) is 9.28. The van der Waals surface area contributed by atoms with Gasteiger partial charge in [-0.25, -0.2) is 0 Å². The minimum absolute atomic E-state index is 0.0570. The molecule has 1 N–H and O–H groups in total. The highest BCUT2D eigenvalue weighted by Crippen LogP contribution is 2.21. The summed E-state index contributed by atoms with van der Waals surface area (Å²) in [7, 11) is 1.67. The summed E-state index contributed by atoms with van der Waals surface area (Å²) in [6, 6.07) is 8.09. The third-order valence-corrected chi connectivity index (χ3v) is 5.51. The van der Waals surface area contributed by atoms with Crippen molar-refractivity contribution in [1.29, 1.82) is 0 Å². The van der Waals surface area contributed by atoms with E-state index in [1.165, 1.54) is 0 Å². The molecule has 1 aromatic rings. The average Bonchev–Trinajstić information content (AvgIpc) is 3.09. The fraction of sp³-hybridized carbons (Fsp3) is 0.600. The second-order valence-corrected chi connectivity index (χ2v) is 8.07. The topological polar surface area (TPSA) is 76.1 Å². The van der Waals surface area contributed by atoms with E-state index < -0.39 is 6.10 Å². The van der Waals surface area contributed by atoms with Crippen LogP contribution in [-0.4, -0.2) is 54.3 Å². The van der Waals surface area contributed by atoms with Gasteiger partial charge in [0.2, 0.25) is 5.91 Å². The van der Waals surface area contributed by atoms with Crippen LogP contribution in [0.2, 0.25) is 0 Å². The predicted molar refractivity (Wildman–Crippen MR) is 120 cm³/mol. The summed E-state index contributed by atoms with van der Waals surface area (Å²) in [6.45, 7) is 3.53. The van der Waals surface area contributed by atoms with Gasteiger partial charge in [-0.2, -0.15) is 0 Å². The minimum Gasteiger partial charge on any atom is -0.466 e. The molecule has 172 valence electrons. The van der Waals surface area contributed by atoms with Gasteiger partial charge >= 0.3 is 5.97 Å². The highest BCUT2D eigenvalue weighted by atomic mass is 16.5. The smallest absolute Gasteiger partial charge is 0.305 e. The van der Waals surface area contributed by atoms with Crippen LogP contribution in [0, 0.1) is 0 Å². The van der Waals surface area contributed by atoms with Gasteiger partial charge in [-0.05, 0) is 37.3 Å². The highest BCUT2D eigenvalue weighted by Gasteiger charge is 2.28. The fourth-order valence-electron chi connectivity index (χ4n) is 3.96. The summed E-state index contributed by atoms with van der Waals surface area (Å²) in [5.74, 6) is 0.0503. The molecule has 6 heteroatoms. The summed E-state index contributed by atoms with van der Waals surface area (Å²) >= 11 is 0. The summed E-state index contributed by atoms with van der Waals surface area (Å²) in [5, 5.41) is 10.4. The van der Waals surface area contributed by atoms with Crippen molar-refractivity contribution in [3.8, 4) is 0 Å². The number of aliphatic hydroxyl groups excluding tert-OH is 1. The van der Waals surface area contributed by atoms with Crippen LogP contribution in [0.5, 0.6) is 0 Å². The zero-order valence-electron chi connectivity index (χ0n) is 18.9. The number of ether oxygens (including phenoxy) is 2. The van der Waals surface area contributed by atoms with Gasteiger partial charge in [0.05, 0.1) is 25.4 Å². The number of likely N-dealkylation sites (tertiary alicyclic amines) is 1. The molecule has 1 aliphatic heterocycles. The molecule has 1 aliphatic rings. The van der Waals surface area contributed by atoms with Gasteiger partial charge in [0, 0.05) is 32.9 Å². The van der Waals surface area contributed by atoms with E-state index in [4.69, 9.17) is 9.47 Å². The molecule has 2 rings (SSSR count). The Labute approximate surface area is 186 Å². The quantitative estimate of drug-likeness (QED) is 0.275. The molecular weight excluding hydrogens is 394 g/mol. The molecule has 0 aromatic heterocycles. The monoisotopic (exact) mass is 431 g/mol. The Kier molecular flexibility index (Phi) is 11.3. The van der Waals surface area contributed by atoms with Crippen LogP contribution in [0.4, 0.5) is 0 Å². The van der Waals surface area contributed by atoms with Crippen molar-refractivity contribution in [2.24, 2.45) is 0 Å². The van der Waals surface area contributed by atoms with Crippen LogP contribution in [0.1, 0.15) is 63.0 Å². The van der Waals surface area contributed by atoms with Crippen molar-refractivity contribution < 1.29 is 24.2 Å². The molecule has 1 amide bonds. The molecule has 2 atom stereocenters. The zero-order chi connectivity index (χ0) is 22.5. The van der Waals surface area contributed by atoms with Crippen molar-refractivity contribution in [1.82, 2.24) is 4.90 Å². The lowest BCUT2D eigenvalue weighted by Crippen LogP contribution is -2.32. The first kappa shape index (κ1) is 25.1. The summed E-state index contributed by atoms with van der Waals surface area (Å²) in [4.78, 5) is 25.5. The molecule has 6 nitrogen and oxygen atoms in total. The third-order valence-electron chi connectivity index (χ3n) is 5.51. The number of carbonyl (C=O) groups excluding carboxylic acids is 2. The Hall–Kier alpha value is -2.18. The van der Waals surface area contributed by atoms with Crippen LogP contribution in [0.3, 0.4) is 0 Å². The van der Waals surface area contributed by atoms with E-state index in [1.807, 2.05) is 48.2 Å². The lowest BCUT2D eigenvalue weighted by Gasteiger charge is -2.22. The molecule has 1 fully saturated rings. The Morgan fingerprint density at radius 3 is 2.81 bits per heavy atom. The molecule has 1 heterocycles. The number of rotatable bonds is 14. The van der Waals surface area contributed by atoms with E-state index in [0.29, 0.717) is 32.5 Å². The largest absolute Gasteiger partial charge is 0.466 e. The molecule has 31 heavy (non-hydrogen) atoms. The zero-order valence-corrected chi connectivity index (χ0v) is 18.9. The van der Waals surface area contributed by atoms with Gasteiger partial charge in [0.25, 0.3) is 0 Å². The summed E-state index contributed by atoms with van der Waals surface area (Å²) < 4.78 is 10.1. The molecule has 0 bridgehead atoms. The second-order valence-electron chi connectivity index (χ2n) is 8.07. The standard InChI is InChI=1S/C25H37NO5/c1-3-31-25(29)11-6-4-5-7-16-26-22(13-15-24(26)28)12-14-23(27)18-20-9-8-10-21(17-20)19-30-2/h8-10,12,14,17,22-23,27H,3-7,11,13,15-16,18-19H2,1-2H3/b14-12+/t22-,23-/m1/s1. The Balaban J connectivity index is 1.74. The number of amides is 1. The molecule has 0 saturated carbocycles. The highest BCUT2D eigenvalue weighted by molar-refractivity contribution is 5.79. The number of benzene rings is 1. The lowest BCUT2D eigenvalue weighted by atomic mass is 10.0. The first-order valence-electron chi connectivity index (χ1n) is 11.4. The molecule has 1 saturated heterocycles. The van der Waals surface area contributed by atoms with Gasteiger partial charge < -0.3 is 19.5 Å². The Morgan fingerprint density at radius 2 is 2.03 bits per heavy atom. The van der Waals surface area contributed by atoms with Crippen molar-refractivity contribution in [3.63, 3.8) is 0 Å². The number of hydrogen-bond acceptors (Lipinski definition) is 5. The van der Waals surface area contributed by atoms with Gasteiger partial charge in [0.1, 0.15) is 0 Å². The van der Waals surface area contributed by atoms with E-state index in [-0.39, 0.29) is 17.9 Å². The van der Waals surface area contributed by atoms with Crippen molar-refractivity contribution in [2.75, 3.05) is 20.3 Å². The SMILES string of the molecule is CCOC(=O)CCCCCCN1C(=O)CC[C@H]1/C=C/[C@@H](O)Cc1cccc(COC)c1. The van der Waals surface area contributed by atoms with Crippen LogP contribution >= 0.6 is 0 Å². The van der Waals surface area contributed by atoms with E-state index in [0.717, 1.165) is 49.8 Å². The van der Waals surface area contributed by atoms with E-state index in [9.17, 15) is 14.7 Å². The number of unbranched alkanes of at least 4 members (excludes halogenated alkanes) is 3. The van der Waals surface area contributed by atoms with Crippen molar-refractivity contribution >= 4 is 11.9 Å². The number of nitrogens with zero attached hydrogens (tertiary/aromatic N) is 1. The van der Waals surface area contributed by atoms with Crippen LogP contribution in [-0.2, 0) is 32.1 Å². The van der Waals surface area contributed by atoms with Crippen LogP contribution in [0.25, 0.3) is 0 Å². The first-order chi connectivity index (χ1) is 15.0. The maximum Gasteiger partial charge on any atom is 0.305 e. The Morgan fingerprint density at radius 1 is 1.26 bits per heavy atom. The lowest BCUT2D eigenvalue weighted by molar-refractivity contribution is -0.143. The number of aliphatic hydroxyl groups is 1. The maximum atomic E-state index is 12.3. The molecule has 0 spiro atoms. The molecule has 0 unspecified atom stereocenters. The van der Waals surface area contributed by atoms with Gasteiger partial charge in [0.15, 0.2) is 0 Å². The van der Waals surface area contributed by atoms with Gasteiger partial charge in [-0.1, -0.05) is 49.3 Å². The summed E-state index contributed by atoms with van der Waals surface area (Å²) in [5.41, 5.74) is 2.15. The van der Waals surface area contributed by atoms with Crippen molar-refractivity contribution in [3.05, 3.63) is 47.5 Å². The first-order valence-corrected chi connectivity index (χ1v) is 11.4. The van der Waals surface area contributed by atoms with E-state index in [2.05, 4.69) is 0 Å². The van der Waals surface area contributed by atoms with E-state index in [1.54, 1.807) is 7.11 Å². The number of carbonyl (C=O) groups is 2. The maximum absolute atomic E-state index is 12.3. The molecular formula is C25H37NO5. The van der Waals surface area contributed by atoms with Crippen LogP contribution in [0.15, 0.2) is 36.4 Å². The average molecular weight is 432 g/mol. The predicted octanol–water partition coefficient (Wildman–Crippen LogP) is 3.80. The third kappa shape index (κ3) is 9.23. The minimum atomic E-state index is -0.585. The Bertz CT molecular complexity index is 718. The second kappa shape index (κ2) is 14.0. The van der Waals surface area contributed by atoms with E-state index >= 15 is 0 Å². The van der Waals surface area contributed by atoms with Crippen molar-refractivity contribution in [2.45, 2.75) is 77.0 Å². The molecule has 0 radical (unpaired) electrons. The van der Waals surface area contributed by atoms with Gasteiger partial charge in [-0.15, -0.1) is 0 Å². The number of methoxy groups -OCH3 is 1. The number of hydrogen-bond donors (Lipinski definition) is 1. The normalized spacial score (nSPS) is 17.5. The molecule has 0 aliphatic carbocycles. The van der Waals surface area contributed by atoms with Gasteiger partial charge in [-0.3, -0.25) is 9.59 Å². The number of esters is 1. The fourth-order valence-corrected chi connectivity index (χ4v) is 3.96.